The summed E-state index contributed by atoms with van der Waals surface area (Å²) in [5.74, 6) is -2.31. The third kappa shape index (κ3) is 3.38. The Morgan fingerprint density at radius 1 is 0.853 bits per heavy atom. The van der Waals surface area contributed by atoms with Crippen LogP contribution >= 0.6 is 0 Å². The van der Waals surface area contributed by atoms with Crippen LogP contribution in [0.25, 0.3) is 22.3 Å². The van der Waals surface area contributed by atoms with Gasteiger partial charge < -0.3 is 9.15 Å². The van der Waals surface area contributed by atoms with Crippen LogP contribution in [0.15, 0.2) is 82.0 Å². The molecule has 0 radical (unpaired) electrons. The van der Waals surface area contributed by atoms with Gasteiger partial charge in [-0.2, -0.15) is 0 Å². The molecule has 34 heavy (non-hydrogen) atoms. The van der Waals surface area contributed by atoms with Gasteiger partial charge in [-0.05, 0) is 38.1 Å². The first kappa shape index (κ1) is 21.3. The summed E-state index contributed by atoms with van der Waals surface area (Å²) < 4.78 is 11.5. The zero-order valence-electron chi connectivity index (χ0n) is 18.4. The maximum atomic E-state index is 13.3. The Morgan fingerprint density at radius 2 is 1.44 bits per heavy atom. The van der Waals surface area contributed by atoms with Crippen LogP contribution in [-0.4, -0.2) is 28.7 Å². The summed E-state index contributed by atoms with van der Waals surface area (Å²) in [6.07, 6.45) is 0. The molecule has 0 saturated heterocycles. The molecule has 5 rings (SSSR count). The van der Waals surface area contributed by atoms with E-state index in [4.69, 9.17) is 9.15 Å². The van der Waals surface area contributed by atoms with E-state index in [0.717, 1.165) is 10.5 Å². The standard InChI is InChI=1S/C27H19NO6/c1-15-11-13-17(14-12-15)23-24(22(29)20-9-5-6-10-21(20)33-23)34-27(32)16(2)28-25(30)18-7-3-4-8-19(18)26(28)31/h3-14,16H,1-2H3/t16-/m0/s1. The van der Waals surface area contributed by atoms with E-state index >= 15 is 0 Å². The van der Waals surface area contributed by atoms with Crippen molar-refractivity contribution in [3.8, 4) is 17.1 Å². The second-order valence-electron chi connectivity index (χ2n) is 8.07. The van der Waals surface area contributed by atoms with Crippen LogP contribution < -0.4 is 10.2 Å². The molecule has 1 aliphatic rings. The predicted octanol–water partition coefficient (Wildman–Crippen LogP) is 4.36. The van der Waals surface area contributed by atoms with Gasteiger partial charge in [0.05, 0.1) is 16.5 Å². The average molecular weight is 453 g/mol. The average Bonchev–Trinajstić information content (AvgIpc) is 3.11. The van der Waals surface area contributed by atoms with E-state index in [1.165, 1.54) is 19.1 Å². The molecule has 2 amide bonds. The molecule has 168 valence electrons. The number of fused-ring (bicyclic) bond motifs is 2. The van der Waals surface area contributed by atoms with Crippen molar-refractivity contribution < 1.29 is 23.5 Å². The highest BCUT2D eigenvalue weighted by atomic mass is 16.5. The Morgan fingerprint density at radius 3 is 2.09 bits per heavy atom. The molecule has 1 aliphatic heterocycles. The Hall–Kier alpha value is -4.52. The first-order valence-electron chi connectivity index (χ1n) is 10.7. The molecule has 0 spiro atoms. The summed E-state index contributed by atoms with van der Waals surface area (Å²) in [6.45, 7) is 3.31. The summed E-state index contributed by atoms with van der Waals surface area (Å²) in [6, 6.07) is 18.9. The molecule has 0 unspecified atom stereocenters. The number of aryl methyl sites for hydroxylation is 1. The number of ether oxygens (including phenoxy) is 1. The lowest BCUT2D eigenvalue weighted by Gasteiger charge is -2.21. The molecular weight excluding hydrogens is 434 g/mol. The van der Waals surface area contributed by atoms with Crippen LogP contribution in [0.1, 0.15) is 33.2 Å². The number of hydrogen-bond acceptors (Lipinski definition) is 6. The van der Waals surface area contributed by atoms with E-state index in [9.17, 15) is 19.2 Å². The maximum absolute atomic E-state index is 13.3. The Kier molecular flexibility index (Phi) is 5.09. The van der Waals surface area contributed by atoms with E-state index in [2.05, 4.69) is 0 Å². The molecule has 7 heteroatoms. The van der Waals surface area contributed by atoms with Crippen LogP contribution in [0, 0.1) is 6.92 Å². The van der Waals surface area contributed by atoms with Crippen LogP contribution in [0.3, 0.4) is 0 Å². The molecule has 0 saturated carbocycles. The molecule has 3 aromatic carbocycles. The Labute approximate surface area is 194 Å². The molecule has 4 aromatic rings. The van der Waals surface area contributed by atoms with Gasteiger partial charge in [0.25, 0.3) is 11.8 Å². The lowest BCUT2D eigenvalue weighted by Crippen LogP contribution is -2.45. The van der Waals surface area contributed by atoms with Gasteiger partial charge in [0.2, 0.25) is 11.2 Å². The number of imide groups is 1. The van der Waals surface area contributed by atoms with E-state index in [1.54, 1.807) is 48.5 Å². The highest BCUT2D eigenvalue weighted by Gasteiger charge is 2.41. The number of carbonyl (C=O) groups excluding carboxylic acids is 3. The lowest BCUT2D eigenvalue weighted by atomic mass is 10.1. The summed E-state index contributed by atoms with van der Waals surface area (Å²) in [4.78, 5) is 52.8. The normalized spacial score (nSPS) is 13.8. The van der Waals surface area contributed by atoms with Crippen LogP contribution in [0.4, 0.5) is 0 Å². The largest absolute Gasteiger partial charge is 0.452 e. The monoisotopic (exact) mass is 453 g/mol. The number of carbonyl (C=O) groups is 3. The van der Waals surface area contributed by atoms with Crippen molar-refractivity contribution in [1.82, 2.24) is 4.90 Å². The van der Waals surface area contributed by atoms with Gasteiger partial charge in [0, 0.05) is 5.56 Å². The third-order valence-electron chi connectivity index (χ3n) is 5.83. The van der Waals surface area contributed by atoms with Crippen LogP contribution in [-0.2, 0) is 4.79 Å². The van der Waals surface area contributed by atoms with Crippen molar-refractivity contribution in [2.24, 2.45) is 0 Å². The summed E-state index contributed by atoms with van der Waals surface area (Å²) in [5, 5.41) is 0.245. The van der Waals surface area contributed by atoms with Crippen LogP contribution in [0.2, 0.25) is 0 Å². The smallest absolute Gasteiger partial charge is 0.334 e. The summed E-state index contributed by atoms with van der Waals surface area (Å²) in [5.41, 5.74) is 1.81. The van der Waals surface area contributed by atoms with Gasteiger partial charge in [-0.1, -0.05) is 54.1 Å². The number of hydrogen-bond donors (Lipinski definition) is 0. The Bertz CT molecular complexity index is 1500. The quantitative estimate of drug-likeness (QED) is 0.337. The van der Waals surface area contributed by atoms with Crippen molar-refractivity contribution in [3.05, 3.63) is 99.7 Å². The number of benzene rings is 3. The summed E-state index contributed by atoms with van der Waals surface area (Å²) >= 11 is 0. The first-order chi connectivity index (χ1) is 16.4. The molecule has 0 aliphatic carbocycles. The fourth-order valence-electron chi connectivity index (χ4n) is 3.96. The molecule has 0 fully saturated rings. The van der Waals surface area contributed by atoms with Gasteiger partial charge in [-0.15, -0.1) is 0 Å². The minimum atomic E-state index is -1.26. The molecule has 7 nitrogen and oxygen atoms in total. The highest BCUT2D eigenvalue weighted by Crippen LogP contribution is 2.32. The third-order valence-corrected chi connectivity index (χ3v) is 5.83. The molecule has 1 aromatic heterocycles. The maximum Gasteiger partial charge on any atom is 0.334 e. The zero-order chi connectivity index (χ0) is 24.0. The lowest BCUT2D eigenvalue weighted by molar-refractivity contribution is -0.138. The number of esters is 1. The van der Waals surface area contributed by atoms with Crippen LogP contribution in [0.5, 0.6) is 5.75 Å². The zero-order valence-corrected chi connectivity index (χ0v) is 18.4. The molecule has 2 heterocycles. The molecule has 0 bridgehead atoms. The minimum absolute atomic E-state index is 0.0895. The fraction of sp³-hybridized carbons (Fsp3) is 0.111. The van der Waals surface area contributed by atoms with Crippen molar-refractivity contribution in [2.75, 3.05) is 0 Å². The van der Waals surface area contributed by atoms with Crippen molar-refractivity contribution in [1.29, 1.82) is 0 Å². The molecule has 0 N–H and O–H groups in total. The molecular formula is C27H19NO6. The van der Waals surface area contributed by atoms with E-state index < -0.39 is 29.3 Å². The number of nitrogens with zero attached hydrogens (tertiary/aromatic N) is 1. The number of rotatable bonds is 4. The minimum Gasteiger partial charge on any atom is -0.452 e. The SMILES string of the molecule is Cc1ccc(-c2oc3ccccc3c(=O)c2OC(=O)[C@H](C)N2C(=O)c3ccccc3C2=O)cc1. The van der Waals surface area contributed by atoms with Crippen molar-refractivity contribution >= 4 is 28.8 Å². The van der Waals surface area contributed by atoms with E-state index in [1.807, 2.05) is 19.1 Å². The number of para-hydroxylation sites is 1. The topological polar surface area (TPSA) is 93.9 Å². The van der Waals surface area contributed by atoms with E-state index in [0.29, 0.717) is 11.1 Å². The second-order valence-corrected chi connectivity index (χ2v) is 8.07. The number of amides is 2. The van der Waals surface area contributed by atoms with Gasteiger partial charge in [-0.25, -0.2) is 4.79 Å². The van der Waals surface area contributed by atoms with Crippen molar-refractivity contribution in [3.63, 3.8) is 0 Å². The molecule has 1 atom stereocenters. The van der Waals surface area contributed by atoms with Gasteiger partial charge in [-0.3, -0.25) is 19.3 Å². The van der Waals surface area contributed by atoms with Gasteiger partial charge >= 0.3 is 5.97 Å². The van der Waals surface area contributed by atoms with Gasteiger partial charge in [0.1, 0.15) is 11.6 Å². The predicted molar refractivity (Wildman–Crippen MR) is 125 cm³/mol. The second kappa shape index (κ2) is 8.12. The summed E-state index contributed by atoms with van der Waals surface area (Å²) in [7, 11) is 0. The van der Waals surface area contributed by atoms with E-state index in [-0.39, 0.29) is 28.0 Å². The fourth-order valence-corrected chi connectivity index (χ4v) is 3.96. The first-order valence-corrected chi connectivity index (χ1v) is 10.7. The Balaban J connectivity index is 1.55. The van der Waals surface area contributed by atoms with Gasteiger partial charge in [0.15, 0.2) is 5.76 Å². The highest BCUT2D eigenvalue weighted by molar-refractivity contribution is 6.22. The van der Waals surface area contributed by atoms with Crippen molar-refractivity contribution in [2.45, 2.75) is 19.9 Å².